The summed E-state index contributed by atoms with van der Waals surface area (Å²) in [5.74, 6) is -2.07. The van der Waals surface area contributed by atoms with E-state index in [4.69, 9.17) is 14.5 Å². The average Bonchev–Trinajstić information content (AvgIpc) is 4.04. The predicted molar refractivity (Wildman–Crippen MR) is 194 cm³/mol. The van der Waals surface area contributed by atoms with Gasteiger partial charge in [-0.25, -0.2) is 14.8 Å². The smallest absolute Gasteiger partial charge is 0.407 e. The number of nitrogens with zero attached hydrogens (tertiary/aromatic N) is 3. The molecule has 2 aromatic carbocycles. The number of carbonyl (C=O) groups is 2. The van der Waals surface area contributed by atoms with E-state index in [1.165, 1.54) is 7.11 Å². The van der Waals surface area contributed by atoms with Crippen LogP contribution in [0.3, 0.4) is 0 Å². The van der Waals surface area contributed by atoms with Gasteiger partial charge in [0.15, 0.2) is 0 Å². The van der Waals surface area contributed by atoms with E-state index in [1.807, 2.05) is 41.3 Å². The SMILES string of the molecule is COC(=O)N[C@H](C(=O)N1CCC[C@H]1c1nc2ccc(C3C=C4C(=CC3)c3ccc(-c5cnc(C6CCCN6)[nH]5)cc3C4(F)F)cc2[nH]1)C1CCOCC1. The van der Waals surface area contributed by atoms with Crippen molar-refractivity contribution in [3.8, 4) is 11.3 Å². The lowest BCUT2D eigenvalue weighted by Crippen LogP contribution is -2.53. The zero-order valence-corrected chi connectivity index (χ0v) is 29.6. The van der Waals surface area contributed by atoms with Crippen LogP contribution in [-0.4, -0.2) is 76.3 Å². The number of likely N-dealkylation sites (tertiary alicyclic amines) is 1. The minimum absolute atomic E-state index is 0.0217. The lowest BCUT2D eigenvalue weighted by atomic mass is 9.85. The third kappa shape index (κ3) is 6.03. The molecule has 11 nitrogen and oxygen atoms in total. The fourth-order valence-corrected chi connectivity index (χ4v) is 8.95. The number of rotatable bonds is 7. The van der Waals surface area contributed by atoms with Gasteiger partial charge < -0.3 is 35.0 Å². The lowest BCUT2D eigenvalue weighted by Gasteiger charge is -2.34. The van der Waals surface area contributed by atoms with Gasteiger partial charge in [-0.1, -0.05) is 30.4 Å². The van der Waals surface area contributed by atoms with E-state index in [9.17, 15) is 9.59 Å². The molecule has 9 rings (SSSR count). The first kappa shape index (κ1) is 33.9. The number of methoxy groups -OCH3 is 1. The molecule has 0 saturated carbocycles. The average molecular weight is 724 g/mol. The van der Waals surface area contributed by atoms with Gasteiger partial charge in [-0.2, -0.15) is 8.78 Å². The van der Waals surface area contributed by atoms with Gasteiger partial charge in [-0.05, 0) is 92.3 Å². The van der Waals surface area contributed by atoms with E-state index >= 15 is 8.78 Å². The number of fused-ring (bicyclic) bond motifs is 4. The Morgan fingerprint density at radius 3 is 2.74 bits per heavy atom. The zero-order chi connectivity index (χ0) is 36.3. The fraction of sp³-hybridized carbons (Fsp3) is 0.450. The second-order valence-corrected chi connectivity index (χ2v) is 14.9. The zero-order valence-electron chi connectivity index (χ0n) is 29.6. The van der Waals surface area contributed by atoms with E-state index in [2.05, 4.69) is 25.6 Å². The summed E-state index contributed by atoms with van der Waals surface area (Å²) in [5.41, 5.74) is 5.12. The Labute approximate surface area is 305 Å². The molecule has 3 saturated heterocycles. The van der Waals surface area contributed by atoms with E-state index < -0.39 is 18.1 Å². The molecule has 13 heteroatoms. The first-order chi connectivity index (χ1) is 25.8. The van der Waals surface area contributed by atoms with Crippen LogP contribution in [0.5, 0.6) is 0 Å². The lowest BCUT2D eigenvalue weighted by molar-refractivity contribution is -0.136. The highest BCUT2D eigenvalue weighted by Crippen LogP contribution is 2.55. The minimum Gasteiger partial charge on any atom is -0.453 e. The van der Waals surface area contributed by atoms with Crippen LogP contribution in [0.2, 0.25) is 0 Å². The van der Waals surface area contributed by atoms with Crippen LogP contribution in [0.4, 0.5) is 13.6 Å². The van der Waals surface area contributed by atoms with Crippen molar-refractivity contribution in [2.45, 2.75) is 74.9 Å². The van der Waals surface area contributed by atoms with Crippen molar-refractivity contribution in [3.05, 3.63) is 88.7 Å². The number of imidazole rings is 2. The molecule has 4 aromatic rings. The molecule has 3 fully saturated rings. The summed E-state index contributed by atoms with van der Waals surface area (Å²) in [6.45, 7) is 2.58. The van der Waals surface area contributed by atoms with Crippen molar-refractivity contribution in [1.82, 2.24) is 35.5 Å². The number of alkyl carbamates (subject to hydrolysis) is 1. The number of ether oxygens (including phenoxy) is 2. The number of nitrogens with one attached hydrogen (secondary N) is 4. The molecule has 5 aliphatic rings. The Bertz CT molecular complexity index is 2130. The molecule has 0 radical (unpaired) electrons. The third-order valence-corrected chi connectivity index (χ3v) is 11.8. The third-order valence-electron chi connectivity index (χ3n) is 11.8. The van der Waals surface area contributed by atoms with Gasteiger partial charge in [0.2, 0.25) is 5.91 Å². The summed E-state index contributed by atoms with van der Waals surface area (Å²) >= 11 is 0. The summed E-state index contributed by atoms with van der Waals surface area (Å²) < 4.78 is 42.9. The van der Waals surface area contributed by atoms with Crippen LogP contribution in [0, 0.1) is 5.92 Å². The fourth-order valence-electron chi connectivity index (χ4n) is 8.95. The van der Waals surface area contributed by atoms with Crippen molar-refractivity contribution in [2.75, 3.05) is 33.4 Å². The number of H-pyrrole nitrogens is 2. The quantitative estimate of drug-likeness (QED) is 0.165. The molecule has 53 heavy (non-hydrogen) atoms. The molecule has 2 aromatic heterocycles. The number of hydrogen-bond acceptors (Lipinski definition) is 7. The molecular formula is C40H43F2N7O4. The number of aromatic amines is 2. The van der Waals surface area contributed by atoms with Gasteiger partial charge in [-0.3, -0.25) is 4.79 Å². The molecule has 2 amide bonds. The first-order valence-electron chi connectivity index (χ1n) is 18.7. The van der Waals surface area contributed by atoms with Gasteiger partial charge in [0.25, 0.3) is 5.92 Å². The summed E-state index contributed by atoms with van der Waals surface area (Å²) in [4.78, 5) is 44.3. The summed E-state index contributed by atoms with van der Waals surface area (Å²) in [7, 11) is 1.29. The van der Waals surface area contributed by atoms with Crippen LogP contribution in [0.1, 0.15) is 91.3 Å². The van der Waals surface area contributed by atoms with Crippen molar-refractivity contribution in [2.24, 2.45) is 5.92 Å². The van der Waals surface area contributed by atoms with Gasteiger partial charge >= 0.3 is 6.09 Å². The maximum absolute atomic E-state index is 16.3. The van der Waals surface area contributed by atoms with E-state index in [0.717, 1.165) is 60.3 Å². The standard InChI is InChI=1S/C40H43F2N7O4/c1-52-39(51)48-35(22-12-16-53-17-13-22)38(50)49-15-3-5-34(49)37-45-30-11-8-24(20-32(30)46-37)23-6-9-26-27-10-7-25(19-29(27)40(41,42)28(26)18-23)33-21-44-36(47-33)31-4-2-14-43-31/h7-11,18-23,31,34-35,43H,2-6,12-17H2,1H3,(H,44,47)(H,45,46)(H,48,51)/t23?,31?,34-,35-/m0/s1. The number of carbonyl (C=O) groups excluding carboxylic acids is 2. The number of halogens is 2. The van der Waals surface area contributed by atoms with Crippen LogP contribution in [0.15, 0.2) is 60.3 Å². The minimum atomic E-state index is -3.14. The number of hydrogen-bond donors (Lipinski definition) is 4. The summed E-state index contributed by atoms with van der Waals surface area (Å²) in [5, 5.41) is 6.22. The van der Waals surface area contributed by atoms with Gasteiger partial charge in [0.1, 0.15) is 17.7 Å². The Morgan fingerprint density at radius 2 is 1.92 bits per heavy atom. The van der Waals surface area contributed by atoms with Crippen LogP contribution in [-0.2, 0) is 20.2 Å². The molecule has 0 bridgehead atoms. The highest BCUT2D eigenvalue weighted by molar-refractivity contribution is 5.91. The van der Waals surface area contributed by atoms with Crippen LogP contribution < -0.4 is 10.6 Å². The van der Waals surface area contributed by atoms with E-state index in [0.29, 0.717) is 61.5 Å². The van der Waals surface area contributed by atoms with E-state index in [-0.39, 0.29) is 41.0 Å². The molecule has 2 aliphatic carbocycles. The molecular weight excluding hydrogens is 680 g/mol. The number of alkyl halides is 2. The van der Waals surface area contributed by atoms with Crippen LogP contribution >= 0.6 is 0 Å². The van der Waals surface area contributed by atoms with Crippen molar-refractivity contribution in [1.29, 1.82) is 0 Å². The first-order valence-corrected chi connectivity index (χ1v) is 18.7. The van der Waals surface area contributed by atoms with Crippen molar-refractivity contribution in [3.63, 3.8) is 0 Å². The summed E-state index contributed by atoms with van der Waals surface area (Å²) in [6, 6.07) is 10.3. The molecule has 4 N–H and O–H groups in total. The van der Waals surface area contributed by atoms with Gasteiger partial charge in [0.05, 0.1) is 42.1 Å². The number of allylic oxidation sites excluding steroid dienone is 4. The van der Waals surface area contributed by atoms with Gasteiger partial charge in [-0.15, -0.1) is 0 Å². The van der Waals surface area contributed by atoms with Crippen LogP contribution in [0.25, 0.3) is 27.9 Å². The molecule has 2 unspecified atom stereocenters. The second-order valence-electron chi connectivity index (χ2n) is 14.9. The maximum atomic E-state index is 16.3. The normalized spacial score (nSPS) is 24.4. The highest BCUT2D eigenvalue weighted by Gasteiger charge is 2.48. The summed E-state index contributed by atoms with van der Waals surface area (Å²) in [6.07, 6.45) is 10.3. The highest BCUT2D eigenvalue weighted by atomic mass is 19.3. The predicted octanol–water partition coefficient (Wildman–Crippen LogP) is 6.79. The molecule has 0 spiro atoms. The Hall–Kier alpha value is -4.88. The Kier molecular flexibility index (Phi) is 8.65. The monoisotopic (exact) mass is 723 g/mol. The second kappa shape index (κ2) is 13.5. The number of aromatic nitrogens is 4. The molecule has 5 heterocycles. The number of benzene rings is 2. The Balaban J connectivity index is 0.951. The van der Waals surface area contributed by atoms with Crippen molar-refractivity contribution >= 4 is 28.6 Å². The largest absolute Gasteiger partial charge is 0.453 e. The maximum Gasteiger partial charge on any atom is 0.407 e. The van der Waals surface area contributed by atoms with Crippen molar-refractivity contribution < 1.29 is 27.8 Å². The van der Waals surface area contributed by atoms with Gasteiger partial charge in [0, 0.05) is 42.4 Å². The number of amides is 2. The molecule has 4 atom stereocenters. The molecule has 276 valence electrons. The van der Waals surface area contributed by atoms with E-state index in [1.54, 1.807) is 18.3 Å². The topological polar surface area (TPSA) is 137 Å². The Morgan fingerprint density at radius 1 is 1.06 bits per heavy atom. The molecule has 3 aliphatic heterocycles.